The summed E-state index contributed by atoms with van der Waals surface area (Å²) in [7, 11) is 0. The number of carbonyl (C=O) groups is 3. The van der Waals surface area contributed by atoms with Gasteiger partial charge in [-0.15, -0.1) is 0 Å². The van der Waals surface area contributed by atoms with Crippen molar-refractivity contribution in [2.75, 3.05) is 5.32 Å². The van der Waals surface area contributed by atoms with Gasteiger partial charge in [0, 0.05) is 17.9 Å². The summed E-state index contributed by atoms with van der Waals surface area (Å²) in [5, 5.41) is 2.60. The number of alkyl halides is 3. The highest BCUT2D eigenvalue weighted by Gasteiger charge is 2.65. The first-order valence-electron chi connectivity index (χ1n) is 12.7. The number of imide groups is 1. The van der Waals surface area contributed by atoms with Gasteiger partial charge in [0.2, 0.25) is 17.7 Å². The van der Waals surface area contributed by atoms with Crippen molar-refractivity contribution in [2.45, 2.75) is 56.4 Å². The predicted molar refractivity (Wildman–Crippen MR) is 130 cm³/mol. The van der Waals surface area contributed by atoms with E-state index in [0.717, 1.165) is 55.4 Å². The molecular weight excluding hydrogens is 483 g/mol. The van der Waals surface area contributed by atoms with Crippen LogP contribution in [0.2, 0.25) is 0 Å². The summed E-state index contributed by atoms with van der Waals surface area (Å²) < 4.78 is 39.7. The second-order valence-electron chi connectivity index (χ2n) is 10.2. The summed E-state index contributed by atoms with van der Waals surface area (Å²) in [6, 6.07) is 10.3. The zero-order valence-corrected chi connectivity index (χ0v) is 19.9. The third kappa shape index (κ3) is 3.83. The zero-order valence-electron chi connectivity index (χ0n) is 19.9. The number of likely N-dealkylation sites (tertiary alicyclic amines) is 1. The molecule has 0 unspecified atom stereocenters. The number of rotatable bonds is 3. The van der Waals surface area contributed by atoms with Crippen LogP contribution in [-0.4, -0.2) is 39.6 Å². The molecule has 9 heteroatoms. The molecule has 6 rings (SSSR count). The molecule has 2 aromatic carbocycles. The van der Waals surface area contributed by atoms with Crippen LogP contribution in [0.15, 0.2) is 54.7 Å². The molecule has 3 heterocycles. The molecule has 1 saturated carbocycles. The van der Waals surface area contributed by atoms with E-state index >= 15 is 0 Å². The highest BCUT2D eigenvalue weighted by Crippen LogP contribution is 2.53. The Morgan fingerprint density at radius 1 is 0.919 bits per heavy atom. The van der Waals surface area contributed by atoms with E-state index in [4.69, 9.17) is 0 Å². The van der Waals surface area contributed by atoms with Crippen LogP contribution < -0.4 is 5.32 Å². The second-order valence-corrected chi connectivity index (χ2v) is 10.2. The minimum Gasteiger partial charge on any atom is -0.357 e. The van der Waals surface area contributed by atoms with Crippen LogP contribution in [0.25, 0.3) is 6.08 Å². The van der Waals surface area contributed by atoms with E-state index < -0.39 is 41.6 Å². The Morgan fingerprint density at radius 2 is 1.65 bits per heavy atom. The van der Waals surface area contributed by atoms with Gasteiger partial charge in [-0.25, -0.2) is 0 Å². The minimum absolute atomic E-state index is 0.0119. The largest absolute Gasteiger partial charge is 0.416 e. The Balaban J connectivity index is 1.38. The minimum atomic E-state index is -4.56. The number of anilines is 1. The maximum absolute atomic E-state index is 13.8. The molecule has 0 spiro atoms. The molecule has 0 aromatic heterocycles. The molecule has 0 bridgehead atoms. The highest BCUT2D eigenvalue weighted by atomic mass is 19.4. The van der Waals surface area contributed by atoms with Gasteiger partial charge in [-0.2, -0.15) is 13.2 Å². The summed E-state index contributed by atoms with van der Waals surface area (Å²) in [4.78, 5) is 44.5. The average molecular weight is 510 g/mol. The molecule has 3 aliphatic heterocycles. The topological polar surface area (TPSA) is 69.7 Å². The number of hydrogen-bond donors (Lipinski definition) is 1. The Morgan fingerprint density at radius 3 is 2.41 bits per heavy atom. The van der Waals surface area contributed by atoms with Gasteiger partial charge < -0.3 is 10.2 Å². The Kier molecular flexibility index (Phi) is 5.62. The summed E-state index contributed by atoms with van der Waals surface area (Å²) in [6.45, 7) is 0. The Hall–Kier alpha value is -3.62. The lowest BCUT2D eigenvalue weighted by atomic mass is 9.84. The number of fused-ring (bicyclic) bond motifs is 5. The Bertz CT molecular complexity index is 1300. The second kappa shape index (κ2) is 8.75. The van der Waals surface area contributed by atoms with Crippen molar-refractivity contribution in [1.82, 2.24) is 9.80 Å². The molecule has 3 fully saturated rings. The van der Waals surface area contributed by atoms with Gasteiger partial charge in [-0.05, 0) is 48.2 Å². The summed E-state index contributed by atoms with van der Waals surface area (Å²) >= 11 is 0. The normalized spacial score (nSPS) is 27.2. The quantitative estimate of drug-likeness (QED) is 0.592. The monoisotopic (exact) mass is 509 g/mol. The van der Waals surface area contributed by atoms with Crippen molar-refractivity contribution in [3.8, 4) is 0 Å². The lowest BCUT2D eigenvalue weighted by Crippen LogP contribution is -2.49. The van der Waals surface area contributed by atoms with Crippen molar-refractivity contribution in [3.05, 3.63) is 71.4 Å². The van der Waals surface area contributed by atoms with E-state index in [1.165, 1.54) is 17.0 Å². The number of benzene rings is 2. The Labute approximate surface area is 212 Å². The number of nitrogens with one attached hydrogen (secondary N) is 1. The van der Waals surface area contributed by atoms with Gasteiger partial charge in [0.15, 0.2) is 0 Å². The van der Waals surface area contributed by atoms with E-state index in [2.05, 4.69) is 5.32 Å². The average Bonchev–Trinajstić information content (AvgIpc) is 3.36. The van der Waals surface area contributed by atoms with Crippen LogP contribution in [0, 0.1) is 11.8 Å². The van der Waals surface area contributed by atoms with Gasteiger partial charge in [0.25, 0.3) is 0 Å². The third-order valence-electron chi connectivity index (χ3n) is 8.16. The van der Waals surface area contributed by atoms with Crippen molar-refractivity contribution in [3.63, 3.8) is 0 Å². The number of carbonyl (C=O) groups excluding carboxylic acids is 3. The molecule has 1 aliphatic carbocycles. The fourth-order valence-electron chi connectivity index (χ4n) is 6.57. The van der Waals surface area contributed by atoms with Crippen molar-refractivity contribution < 1.29 is 27.6 Å². The predicted octanol–water partition coefficient (Wildman–Crippen LogP) is 4.99. The molecule has 192 valence electrons. The van der Waals surface area contributed by atoms with Crippen molar-refractivity contribution in [2.24, 2.45) is 11.8 Å². The maximum Gasteiger partial charge on any atom is 0.416 e. The molecule has 2 aromatic rings. The SMILES string of the molecule is O=C(Nc1cccc(C(F)(F)F)c1)[C@@H]1[C@@H]2C(=O)N(C3CCCCC3)C(=O)[C@H]2[C@@H]2c3ccccc3C=CN12. The highest BCUT2D eigenvalue weighted by molar-refractivity contribution is 6.11. The first-order chi connectivity index (χ1) is 17.8. The van der Waals surface area contributed by atoms with Crippen molar-refractivity contribution in [1.29, 1.82) is 0 Å². The maximum atomic E-state index is 13.8. The lowest BCUT2D eigenvalue weighted by molar-refractivity contribution is -0.146. The van der Waals surface area contributed by atoms with Crippen LogP contribution in [0.1, 0.15) is 54.8 Å². The molecule has 1 N–H and O–H groups in total. The summed E-state index contributed by atoms with van der Waals surface area (Å²) in [5.74, 6) is -2.87. The molecule has 37 heavy (non-hydrogen) atoms. The van der Waals surface area contributed by atoms with Gasteiger partial charge in [-0.3, -0.25) is 19.3 Å². The molecule has 0 radical (unpaired) electrons. The van der Waals surface area contributed by atoms with Crippen LogP contribution in [0.5, 0.6) is 0 Å². The summed E-state index contributed by atoms with van der Waals surface area (Å²) in [6.07, 6.45) is 3.47. The van der Waals surface area contributed by atoms with Gasteiger partial charge in [-0.1, -0.05) is 49.6 Å². The van der Waals surface area contributed by atoms with Gasteiger partial charge in [0.1, 0.15) is 6.04 Å². The number of amides is 3. The van der Waals surface area contributed by atoms with E-state index in [-0.39, 0.29) is 23.5 Å². The van der Waals surface area contributed by atoms with Crippen LogP contribution in [0.3, 0.4) is 0 Å². The van der Waals surface area contributed by atoms with Crippen LogP contribution in [-0.2, 0) is 20.6 Å². The van der Waals surface area contributed by atoms with Gasteiger partial charge in [0.05, 0.1) is 23.4 Å². The van der Waals surface area contributed by atoms with Crippen LogP contribution >= 0.6 is 0 Å². The molecule has 2 saturated heterocycles. The number of halogens is 3. The van der Waals surface area contributed by atoms with E-state index in [9.17, 15) is 27.6 Å². The third-order valence-corrected chi connectivity index (χ3v) is 8.16. The van der Waals surface area contributed by atoms with E-state index in [1.54, 1.807) is 11.1 Å². The fraction of sp³-hybridized carbons (Fsp3) is 0.393. The van der Waals surface area contributed by atoms with E-state index in [1.807, 2.05) is 30.3 Å². The van der Waals surface area contributed by atoms with Crippen LogP contribution in [0.4, 0.5) is 18.9 Å². The van der Waals surface area contributed by atoms with Gasteiger partial charge >= 0.3 is 6.18 Å². The summed E-state index contributed by atoms with van der Waals surface area (Å²) in [5.41, 5.74) is 0.885. The molecule has 4 aliphatic rings. The lowest BCUT2D eigenvalue weighted by Gasteiger charge is -2.37. The first-order valence-corrected chi connectivity index (χ1v) is 12.7. The molecule has 3 amide bonds. The smallest absolute Gasteiger partial charge is 0.357 e. The fourth-order valence-corrected chi connectivity index (χ4v) is 6.57. The van der Waals surface area contributed by atoms with Crippen molar-refractivity contribution >= 4 is 29.5 Å². The number of nitrogens with zero attached hydrogens (tertiary/aromatic N) is 2. The number of hydrogen-bond acceptors (Lipinski definition) is 4. The molecule has 6 nitrogen and oxygen atoms in total. The zero-order chi connectivity index (χ0) is 25.9. The molecular formula is C28H26F3N3O3. The standard InChI is InChI=1S/C28H26F3N3O3/c29-28(30,31)17-8-6-9-18(15-17)32-25(35)24-22-21(23-20-12-5-4-7-16(20)13-14-33(23)24)26(36)34(27(22)37)19-10-2-1-3-11-19/h4-9,12-15,19,21-24H,1-3,10-11H2,(H,32,35)/t21-,22-,23+,24+/m1/s1. The molecule has 4 atom stereocenters. The first kappa shape index (κ1) is 23.8. The van der Waals surface area contributed by atoms with E-state index in [0.29, 0.717) is 0 Å².